The van der Waals surface area contributed by atoms with E-state index in [1.807, 2.05) is 0 Å². The highest BCUT2D eigenvalue weighted by Gasteiger charge is 1.99. The Morgan fingerprint density at radius 3 is 2.90 bits per heavy atom. The number of carbonyl (C=O) groups excluding carboxylic acids is 1. The van der Waals surface area contributed by atoms with Crippen molar-refractivity contribution in [3.05, 3.63) is 29.3 Å². The van der Waals surface area contributed by atoms with Crippen molar-refractivity contribution in [2.24, 2.45) is 0 Å². The Balaban J connectivity index is 3.19. The third kappa shape index (κ3) is 1.18. The second-order valence-corrected chi connectivity index (χ2v) is 1.97. The molecule has 10 heavy (non-hydrogen) atoms. The van der Waals surface area contributed by atoms with Crippen molar-refractivity contribution in [3.63, 3.8) is 0 Å². The zero-order valence-electron chi connectivity index (χ0n) is 5.47. The summed E-state index contributed by atoms with van der Waals surface area (Å²) < 4.78 is 12.6. The van der Waals surface area contributed by atoms with E-state index >= 15 is 0 Å². The summed E-state index contributed by atoms with van der Waals surface area (Å²) in [6.45, 7) is 1.66. The SMILES string of the molecule is Cc1cc(F)c(C=O)cn1. The monoisotopic (exact) mass is 139 g/mol. The largest absolute Gasteiger partial charge is 0.298 e. The Morgan fingerprint density at radius 2 is 2.40 bits per heavy atom. The molecule has 0 fully saturated rings. The molecule has 0 unspecified atom stereocenters. The fraction of sp³-hybridized carbons (Fsp3) is 0.143. The minimum absolute atomic E-state index is 0.00519. The first-order valence-corrected chi connectivity index (χ1v) is 2.81. The highest BCUT2D eigenvalue weighted by atomic mass is 19.1. The van der Waals surface area contributed by atoms with Crippen LogP contribution in [0.15, 0.2) is 12.3 Å². The number of pyridine rings is 1. The van der Waals surface area contributed by atoms with E-state index in [1.165, 1.54) is 12.3 Å². The van der Waals surface area contributed by atoms with Crippen molar-refractivity contribution in [1.82, 2.24) is 4.98 Å². The number of aryl methyl sites for hydroxylation is 1. The van der Waals surface area contributed by atoms with Gasteiger partial charge in [0.05, 0.1) is 5.56 Å². The van der Waals surface area contributed by atoms with E-state index in [4.69, 9.17) is 0 Å². The Labute approximate surface area is 57.7 Å². The number of hydrogen-bond donors (Lipinski definition) is 0. The molecule has 0 saturated heterocycles. The molecule has 0 saturated carbocycles. The van der Waals surface area contributed by atoms with E-state index in [9.17, 15) is 9.18 Å². The lowest BCUT2D eigenvalue weighted by molar-refractivity contribution is 0.111. The molecule has 0 amide bonds. The van der Waals surface area contributed by atoms with Gasteiger partial charge in [-0.05, 0) is 13.0 Å². The molecule has 0 radical (unpaired) electrons. The lowest BCUT2D eigenvalue weighted by Crippen LogP contribution is -1.90. The van der Waals surface area contributed by atoms with Gasteiger partial charge in [0.15, 0.2) is 6.29 Å². The quantitative estimate of drug-likeness (QED) is 0.549. The fourth-order valence-electron chi connectivity index (χ4n) is 0.624. The average molecular weight is 139 g/mol. The highest BCUT2D eigenvalue weighted by Crippen LogP contribution is 2.03. The van der Waals surface area contributed by atoms with Crippen molar-refractivity contribution in [2.75, 3.05) is 0 Å². The number of nitrogens with zero attached hydrogens (tertiary/aromatic N) is 1. The zero-order chi connectivity index (χ0) is 7.56. The third-order valence-corrected chi connectivity index (χ3v) is 1.15. The summed E-state index contributed by atoms with van der Waals surface area (Å²) in [7, 11) is 0. The van der Waals surface area contributed by atoms with Gasteiger partial charge in [0.1, 0.15) is 5.82 Å². The lowest BCUT2D eigenvalue weighted by atomic mass is 10.2. The van der Waals surface area contributed by atoms with Gasteiger partial charge in [-0.2, -0.15) is 0 Å². The number of aromatic nitrogens is 1. The lowest BCUT2D eigenvalue weighted by Gasteiger charge is -1.93. The smallest absolute Gasteiger partial charge is 0.154 e. The Kier molecular flexibility index (Phi) is 1.76. The minimum atomic E-state index is -0.512. The maximum atomic E-state index is 12.6. The molecule has 1 aromatic rings. The summed E-state index contributed by atoms with van der Waals surface area (Å²) in [6, 6.07) is 1.23. The van der Waals surface area contributed by atoms with Gasteiger partial charge in [0.25, 0.3) is 0 Å². The molecule has 0 spiro atoms. The molecule has 0 aliphatic heterocycles. The summed E-state index contributed by atoms with van der Waals surface area (Å²) in [5, 5.41) is 0. The molecular formula is C7H6FNO. The summed E-state index contributed by atoms with van der Waals surface area (Å²) in [6.07, 6.45) is 1.67. The zero-order valence-corrected chi connectivity index (χ0v) is 5.47. The molecule has 0 N–H and O–H groups in total. The van der Waals surface area contributed by atoms with Crippen molar-refractivity contribution in [3.8, 4) is 0 Å². The van der Waals surface area contributed by atoms with E-state index in [1.54, 1.807) is 6.92 Å². The highest BCUT2D eigenvalue weighted by molar-refractivity contribution is 5.74. The van der Waals surface area contributed by atoms with E-state index < -0.39 is 5.82 Å². The van der Waals surface area contributed by atoms with Crippen LogP contribution >= 0.6 is 0 Å². The molecule has 0 aromatic carbocycles. The molecule has 0 atom stereocenters. The minimum Gasteiger partial charge on any atom is -0.298 e. The summed E-state index contributed by atoms with van der Waals surface area (Å²) in [4.78, 5) is 13.8. The predicted molar refractivity (Wildman–Crippen MR) is 34.3 cm³/mol. The Morgan fingerprint density at radius 1 is 1.70 bits per heavy atom. The first kappa shape index (κ1) is 6.86. The van der Waals surface area contributed by atoms with Crippen LogP contribution in [0.4, 0.5) is 4.39 Å². The van der Waals surface area contributed by atoms with Gasteiger partial charge in [-0.15, -0.1) is 0 Å². The van der Waals surface area contributed by atoms with Gasteiger partial charge in [-0.1, -0.05) is 0 Å². The fourth-order valence-corrected chi connectivity index (χ4v) is 0.624. The number of carbonyl (C=O) groups is 1. The van der Waals surface area contributed by atoms with Gasteiger partial charge in [-0.3, -0.25) is 9.78 Å². The van der Waals surface area contributed by atoms with Crippen LogP contribution in [0.25, 0.3) is 0 Å². The van der Waals surface area contributed by atoms with Crippen molar-refractivity contribution >= 4 is 6.29 Å². The van der Waals surface area contributed by atoms with E-state index in [0.29, 0.717) is 12.0 Å². The van der Waals surface area contributed by atoms with Crippen molar-refractivity contribution < 1.29 is 9.18 Å². The molecule has 2 nitrogen and oxygen atoms in total. The molecule has 1 heterocycles. The summed E-state index contributed by atoms with van der Waals surface area (Å²) >= 11 is 0. The summed E-state index contributed by atoms with van der Waals surface area (Å²) in [5.74, 6) is -0.512. The van der Waals surface area contributed by atoms with E-state index in [2.05, 4.69) is 4.98 Å². The molecule has 1 aromatic heterocycles. The number of hydrogen-bond acceptors (Lipinski definition) is 2. The molecule has 1 rings (SSSR count). The Bertz CT molecular complexity index is 260. The van der Waals surface area contributed by atoms with Gasteiger partial charge in [0.2, 0.25) is 0 Å². The molecular weight excluding hydrogens is 133 g/mol. The van der Waals surface area contributed by atoms with E-state index in [0.717, 1.165) is 0 Å². The van der Waals surface area contributed by atoms with Gasteiger partial charge < -0.3 is 0 Å². The first-order chi connectivity index (χ1) is 4.74. The normalized spacial score (nSPS) is 9.40. The van der Waals surface area contributed by atoms with Crippen molar-refractivity contribution in [2.45, 2.75) is 6.92 Å². The maximum absolute atomic E-state index is 12.6. The van der Waals surface area contributed by atoms with Gasteiger partial charge in [0, 0.05) is 11.9 Å². The number of halogens is 1. The third-order valence-electron chi connectivity index (χ3n) is 1.15. The van der Waals surface area contributed by atoms with Crippen LogP contribution in [0, 0.1) is 12.7 Å². The molecule has 0 aliphatic carbocycles. The standard InChI is InChI=1S/C7H6FNO/c1-5-2-7(8)6(4-10)3-9-5/h2-4H,1H3. The second kappa shape index (κ2) is 2.56. The summed E-state index contributed by atoms with van der Waals surface area (Å²) in [5.41, 5.74) is 0.578. The topological polar surface area (TPSA) is 30.0 Å². The van der Waals surface area contributed by atoms with Crippen LogP contribution in [-0.2, 0) is 0 Å². The van der Waals surface area contributed by atoms with Crippen LogP contribution in [-0.4, -0.2) is 11.3 Å². The molecule has 52 valence electrons. The first-order valence-electron chi connectivity index (χ1n) is 2.81. The van der Waals surface area contributed by atoms with Crippen LogP contribution in [0.5, 0.6) is 0 Å². The second-order valence-electron chi connectivity index (χ2n) is 1.97. The van der Waals surface area contributed by atoms with Crippen LogP contribution in [0.3, 0.4) is 0 Å². The molecule has 0 bridgehead atoms. The maximum Gasteiger partial charge on any atom is 0.154 e. The number of rotatable bonds is 1. The average Bonchev–Trinajstić information content (AvgIpc) is 1.88. The van der Waals surface area contributed by atoms with Crippen LogP contribution < -0.4 is 0 Å². The predicted octanol–water partition coefficient (Wildman–Crippen LogP) is 1.34. The van der Waals surface area contributed by atoms with Crippen LogP contribution in [0.2, 0.25) is 0 Å². The molecule has 3 heteroatoms. The Hall–Kier alpha value is -1.25. The van der Waals surface area contributed by atoms with Crippen LogP contribution in [0.1, 0.15) is 16.1 Å². The molecule has 0 aliphatic rings. The van der Waals surface area contributed by atoms with Gasteiger partial charge >= 0.3 is 0 Å². The van der Waals surface area contributed by atoms with Gasteiger partial charge in [-0.25, -0.2) is 4.39 Å². The van der Waals surface area contributed by atoms with E-state index in [-0.39, 0.29) is 5.56 Å². The number of aldehydes is 1. The van der Waals surface area contributed by atoms with Crippen molar-refractivity contribution in [1.29, 1.82) is 0 Å².